The number of halogens is 1. The molecule has 0 spiro atoms. The van der Waals surface area contributed by atoms with E-state index >= 15 is 0 Å². The second-order valence-electron chi connectivity index (χ2n) is 5.52. The average molecular weight is 361 g/mol. The number of nitrogens with zero attached hydrogens (tertiary/aromatic N) is 4. The lowest BCUT2D eigenvalue weighted by Gasteiger charge is -2.34. The average Bonchev–Trinajstić information content (AvgIpc) is 2.64. The number of carbonyl (C=O) groups excluding carboxylic acids is 2. The highest BCUT2D eigenvalue weighted by Crippen LogP contribution is 2.24. The van der Waals surface area contributed by atoms with Gasteiger partial charge in [-0.15, -0.1) is 0 Å². The van der Waals surface area contributed by atoms with Crippen molar-refractivity contribution in [3.05, 3.63) is 41.7 Å². The van der Waals surface area contributed by atoms with Gasteiger partial charge < -0.3 is 20.9 Å². The first-order valence-electron chi connectivity index (χ1n) is 7.72. The third kappa shape index (κ3) is 3.97. The van der Waals surface area contributed by atoms with Crippen LogP contribution < -0.4 is 16.0 Å². The summed E-state index contributed by atoms with van der Waals surface area (Å²) in [7, 11) is 0. The predicted molar refractivity (Wildman–Crippen MR) is 95.3 cm³/mol. The molecule has 0 radical (unpaired) electrons. The molecule has 1 aliphatic rings. The minimum atomic E-state index is -0.726. The van der Waals surface area contributed by atoms with Gasteiger partial charge in [-0.05, 0) is 24.3 Å². The van der Waals surface area contributed by atoms with E-state index in [0.717, 1.165) is 0 Å². The largest absolute Gasteiger partial charge is 0.399 e. The van der Waals surface area contributed by atoms with Gasteiger partial charge in [0.05, 0.1) is 10.7 Å². The van der Waals surface area contributed by atoms with Crippen LogP contribution in [0.3, 0.4) is 0 Å². The highest BCUT2D eigenvalue weighted by Gasteiger charge is 2.27. The molecule has 1 aromatic heterocycles. The maximum absolute atomic E-state index is 12.3. The van der Waals surface area contributed by atoms with Crippen molar-refractivity contribution < 1.29 is 9.59 Å². The van der Waals surface area contributed by atoms with Crippen LogP contribution in [0.15, 0.2) is 36.7 Å². The van der Waals surface area contributed by atoms with Gasteiger partial charge in [-0.25, -0.2) is 9.97 Å². The molecular formula is C16H17ClN6O2. The number of hydrogen-bond acceptors (Lipinski definition) is 6. The highest BCUT2D eigenvalue weighted by atomic mass is 35.5. The van der Waals surface area contributed by atoms with Crippen molar-refractivity contribution >= 4 is 40.7 Å². The van der Waals surface area contributed by atoms with E-state index in [2.05, 4.69) is 15.3 Å². The Morgan fingerprint density at radius 1 is 1.12 bits per heavy atom. The first-order chi connectivity index (χ1) is 12.0. The van der Waals surface area contributed by atoms with Crippen LogP contribution in [0.5, 0.6) is 0 Å². The van der Waals surface area contributed by atoms with Crippen LogP contribution in [0, 0.1) is 0 Å². The highest BCUT2D eigenvalue weighted by molar-refractivity contribution is 6.41. The number of nitrogen functional groups attached to an aromatic ring is 1. The second-order valence-corrected chi connectivity index (χ2v) is 5.93. The molecule has 0 saturated carbocycles. The summed E-state index contributed by atoms with van der Waals surface area (Å²) in [5, 5.41) is 2.81. The van der Waals surface area contributed by atoms with Gasteiger partial charge in [-0.3, -0.25) is 9.59 Å². The lowest BCUT2D eigenvalue weighted by atomic mass is 10.2. The van der Waals surface area contributed by atoms with Crippen molar-refractivity contribution in [1.82, 2.24) is 14.9 Å². The molecule has 9 heteroatoms. The Labute approximate surface area is 149 Å². The first-order valence-corrected chi connectivity index (χ1v) is 8.09. The Hall–Kier alpha value is -2.87. The molecule has 130 valence electrons. The molecule has 1 fully saturated rings. The molecule has 0 atom stereocenters. The van der Waals surface area contributed by atoms with Crippen molar-refractivity contribution in [2.45, 2.75) is 0 Å². The number of nitrogens with two attached hydrogens (primary N) is 1. The molecule has 0 bridgehead atoms. The van der Waals surface area contributed by atoms with Crippen molar-refractivity contribution in [2.24, 2.45) is 0 Å². The van der Waals surface area contributed by atoms with E-state index in [1.165, 1.54) is 11.0 Å². The van der Waals surface area contributed by atoms with Crippen LogP contribution in [-0.2, 0) is 9.59 Å². The number of piperazine rings is 1. The van der Waals surface area contributed by atoms with Gasteiger partial charge in [-0.2, -0.15) is 0 Å². The third-order valence-corrected chi connectivity index (χ3v) is 4.15. The Morgan fingerprint density at radius 3 is 2.44 bits per heavy atom. The number of hydrogen-bond donors (Lipinski definition) is 2. The Morgan fingerprint density at radius 2 is 1.80 bits per heavy atom. The van der Waals surface area contributed by atoms with E-state index < -0.39 is 11.8 Å². The number of carbonyl (C=O) groups is 2. The van der Waals surface area contributed by atoms with Crippen LogP contribution in [0.2, 0.25) is 5.02 Å². The van der Waals surface area contributed by atoms with E-state index in [9.17, 15) is 9.59 Å². The molecule has 0 aliphatic carbocycles. The molecule has 25 heavy (non-hydrogen) atoms. The first kappa shape index (κ1) is 17.0. The van der Waals surface area contributed by atoms with Gasteiger partial charge in [0.2, 0.25) is 5.95 Å². The monoisotopic (exact) mass is 360 g/mol. The summed E-state index contributed by atoms with van der Waals surface area (Å²) in [5.74, 6) is -0.703. The molecule has 3 rings (SSSR count). The van der Waals surface area contributed by atoms with Crippen molar-refractivity contribution in [1.29, 1.82) is 0 Å². The number of rotatable bonds is 2. The molecule has 1 aliphatic heterocycles. The van der Waals surface area contributed by atoms with E-state index in [1.807, 2.05) is 4.90 Å². The SMILES string of the molecule is Nc1ccc(NC(=O)C(=O)N2CCN(c3ncccn3)CC2)c(Cl)c1. The smallest absolute Gasteiger partial charge is 0.313 e. The van der Waals surface area contributed by atoms with Crippen LogP contribution in [0.25, 0.3) is 0 Å². The Kier molecular flexibility index (Phi) is 4.99. The van der Waals surface area contributed by atoms with Gasteiger partial charge in [0, 0.05) is 44.3 Å². The molecule has 3 N–H and O–H groups in total. The topological polar surface area (TPSA) is 104 Å². The minimum Gasteiger partial charge on any atom is -0.399 e. The Balaban J connectivity index is 1.57. The van der Waals surface area contributed by atoms with Crippen LogP contribution in [0.4, 0.5) is 17.3 Å². The molecule has 8 nitrogen and oxygen atoms in total. The number of anilines is 3. The van der Waals surface area contributed by atoms with Crippen molar-refractivity contribution in [2.75, 3.05) is 42.1 Å². The minimum absolute atomic E-state index is 0.284. The zero-order valence-electron chi connectivity index (χ0n) is 13.4. The summed E-state index contributed by atoms with van der Waals surface area (Å²) >= 11 is 6.01. The maximum Gasteiger partial charge on any atom is 0.313 e. The zero-order valence-corrected chi connectivity index (χ0v) is 14.1. The van der Waals surface area contributed by atoms with E-state index in [0.29, 0.717) is 43.5 Å². The van der Waals surface area contributed by atoms with Crippen LogP contribution in [-0.4, -0.2) is 52.9 Å². The fraction of sp³-hybridized carbons (Fsp3) is 0.250. The zero-order chi connectivity index (χ0) is 17.8. The van der Waals surface area contributed by atoms with E-state index in [-0.39, 0.29) is 5.02 Å². The number of nitrogens with one attached hydrogen (secondary N) is 1. The van der Waals surface area contributed by atoms with Gasteiger partial charge >= 0.3 is 11.8 Å². The Bertz CT molecular complexity index is 777. The fourth-order valence-electron chi connectivity index (χ4n) is 2.52. The standard InChI is InChI=1S/C16H17ClN6O2/c17-12-10-11(18)2-3-13(12)21-14(24)15(25)22-6-8-23(9-7-22)16-19-4-1-5-20-16/h1-5,10H,6-9,18H2,(H,21,24). The van der Waals surface area contributed by atoms with Gasteiger partial charge in [0.25, 0.3) is 0 Å². The van der Waals surface area contributed by atoms with Crippen molar-refractivity contribution in [3.8, 4) is 0 Å². The normalized spacial score (nSPS) is 14.3. The molecule has 0 unspecified atom stereocenters. The number of amides is 2. The number of benzene rings is 1. The van der Waals surface area contributed by atoms with Gasteiger partial charge in [0.1, 0.15) is 0 Å². The van der Waals surface area contributed by atoms with E-state index in [4.69, 9.17) is 17.3 Å². The lowest BCUT2D eigenvalue weighted by Crippen LogP contribution is -2.52. The summed E-state index contributed by atoms with van der Waals surface area (Å²) in [5.41, 5.74) is 6.44. The van der Waals surface area contributed by atoms with Crippen molar-refractivity contribution in [3.63, 3.8) is 0 Å². The van der Waals surface area contributed by atoms with Crippen LogP contribution in [0.1, 0.15) is 0 Å². The number of aromatic nitrogens is 2. The van der Waals surface area contributed by atoms with Gasteiger partial charge in [-0.1, -0.05) is 11.6 Å². The third-order valence-electron chi connectivity index (χ3n) is 3.84. The fourth-order valence-corrected chi connectivity index (χ4v) is 2.75. The quantitative estimate of drug-likeness (QED) is 0.611. The maximum atomic E-state index is 12.3. The summed E-state index contributed by atoms with van der Waals surface area (Å²) in [6.07, 6.45) is 3.34. The summed E-state index contributed by atoms with van der Waals surface area (Å²) < 4.78 is 0. The summed E-state index contributed by atoms with van der Waals surface area (Å²) in [4.78, 5) is 36.3. The molecule has 1 saturated heterocycles. The van der Waals surface area contributed by atoms with E-state index in [1.54, 1.807) is 30.6 Å². The van der Waals surface area contributed by atoms with Gasteiger partial charge in [0.15, 0.2) is 0 Å². The molecule has 1 aromatic carbocycles. The second kappa shape index (κ2) is 7.35. The lowest BCUT2D eigenvalue weighted by molar-refractivity contribution is -0.143. The summed E-state index contributed by atoms with van der Waals surface area (Å²) in [6.45, 7) is 1.96. The molecular weight excluding hydrogens is 344 g/mol. The summed E-state index contributed by atoms with van der Waals surface area (Å²) in [6, 6.07) is 6.42. The molecule has 2 heterocycles. The predicted octanol–water partition coefficient (Wildman–Crippen LogP) is 0.999. The molecule has 2 amide bonds. The van der Waals surface area contributed by atoms with Crippen LogP contribution >= 0.6 is 11.6 Å². The molecule has 2 aromatic rings.